The van der Waals surface area contributed by atoms with Gasteiger partial charge in [-0.3, -0.25) is 9.59 Å². The fraction of sp³-hybridized carbons (Fsp3) is 0.818. The topological polar surface area (TPSA) is 118 Å². The first-order chi connectivity index (χ1) is 7.99. The molecule has 6 N–H and O–H groups in total. The van der Waals surface area contributed by atoms with Crippen LogP contribution in [0.15, 0.2) is 0 Å². The average Bonchev–Trinajstić information content (AvgIpc) is 2.28. The molecule has 0 aromatic carbocycles. The molecule has 17 heavy (non-hydrogen) atoms. The monoisotopic (exact) mass is 245 g/mol. The fourth-order valence-electron chi connectivity index (χ4n) is 1.40. The van der Waals surface area contributed by atoms with Crippen LogP contribution < -0.4 is 16.8 Å². The van der Waals surface area contributed by atoms with Crippen LogP contribution in [0, 0.1) is 0 Å². The molecule has 0 rings (SSSR count). The summed E-state index contributed by atoms with van der Waals surface area (Å²) in [5.74, 6) is -1.13. The number of aliphatic carboxylic acids is 1. The van der Waals surface area contributed by atoms with E-state index in [4.69, 9.17) is 16.6 Å². The third-order valence-electron chi connectivity index (χ3n) is 2.49. The molecular formula is C11H23N3O3. The molecule has 0 aliphatic heterocycles. The summed E-state index contributed by atoms with van der Waals surface area (Å²) < 4.78 is 0. The molecule has 0 spiro atoms. The maximum absolute atomic E-state index is 11.4. The van der Waals surface area contributed by atoms with E-state index in [0.29, 0.717) is 32.2 Å². The zero-order valence-corrected chi connectivity index (χ0v) is 10.3. The summed E-state index contributed by atoms with van der Waals surface area (Å²) in [6.45, 7) is 2.49. The van der Waals surface area contributed by atoms with Crippen molar-refractivity contribution in [1.29, 1.82) is 0 Å². The lowest BCUT2D eigenvalue weighted by atomic mass is 10.1. The van der Waals surface area contributed by atoms with E-state index in [1.165, 1.54) is 0 Å². The molecule has 0 aliphatic rings. The standard InChI is InChI=1S/C11H23N3O3/c1-2-5-8(12)10(15)14-7-4-3-6-9(13)11(16)17/h8-9H,2-7,12-13H2,1H3,(H,14,15)(H,16,17)/t8?,9-/m0/s1. The van der Waals surface area contributed by atoms with E-state index in [1.54, 1.807) is 0 Å². The second kappa shape index (κ2) is 8.95. The number of carboxylic acids is 1. The predicted octanol–water partition coefficient (Wildman–Crippen LogP) is -0.188. The molecule has 0 aromatic rings. The van der Waals surface area contributed by atoms with Crippen LogP contribution in [-0.2, 0) is 9.59 Å². The number of carbonyl (C=O) groups is 2. The van der Waals surface area contributed by atoms with E-state index >= 15 is 0 Å². The van der Waals surface area contributed by atoms with Gasteiger partial charge < -0.3 is 21.9 Å². The molecule has 0 aliphatic carbocycles. The van der Waals surface area contributed by atoms with Crippen LogP contribution in [0.5, 0.6) is 0 Å². The van der Waals surface area contributed by atoms with Gasteiger partial charge >= 0.3 is 5.97 Å². The van der Waals surface area contributed by atoms with E-state index in [2.05, 4.69) is 5.32 Å². The van der Waals surface area contributed by atoms with E-state index in [-0.39, 0.29) is 5.91 Å². The fourth-order valence-corrected chi connectivity index (χ4v) is 1.40. The van der Waals surface area contributed by atoms with Crippen LogP contribution in [0.1, 0.15) is 39.0 Å². The van der Waals surface area contributed by atoms with Crippen LogP contribution in [0.25, 0.3) is 0 Å². The summed E-state index contributed by atoms with van der Waals surface area (Å²) in [7, 11) is 0. The Balaban J connectivity index is 3.51. The molecule has 0 heterocycles. The summed E-state index contributed by atoms with van der Waals surface area (Å²) in [6, 6.07) is -1.26. The number of nitrogens with two attached hydrogens (primary N) is 2. The summed E-state index contributed by atoms with van der Waals surface area (Å²) in [4.78, 5) is 21.8. The highest BCUT2D eigenvalue weighted by molar-refractivity contribution is 5.81. The number of unbranched alkanes of at least 4 members (excludes halogenated alkanes) is 1. The predicted molar refractivity (Wildman–Crippen MR) is 65.4 cm³/mol. The Morgan fingerprint density at radius 1 is 1.18 bits per heavy atom. The Labute approximate surface area is 102 Å². The van der Waals surface area contributed by atoms with Gasteiger partial charge in [0.1, 0.15) is 6.04 Å². The third-order valence-corrected chi connectivity index (χ3v) is 2.49. The summed E-state index contributed by atoms with van der Waals surface area (Å²) in [6.07, 6.45) is 3.37. The first-order valence-electron chi connectivity index (χ1n) is 6.00. The highest BCUT2D eigenvalue weighted by Gasteiger charge is 2.12. The summed E-state index contributed by atoms with van der Waals surface area (Å²) in [5, 5.41) is 11.3. The first kappa shape index (κ1) is 15.9. The van der Waals surface area contributed by atoms with Gasteiger partial charge in [0.05, 0.1) is 6.04 Å². The van der Waals surface area contributed by atoms with Crippen LogP contribution in [-0.4, -0.2) is 35.6 Å². The Morgan fingerprint density at radius 2 is 1.82 bits per heavy atom. The van der Waals surface area contributed by atoms with Crippen molar-refractivity contribution in [2.75, 3.05) is 6.54 Å². The minimum absolute atomic E-state index is 0.144. The SMILES string of the molecule is CCCC(N)C(=O)NCCCC[C@H](N)C(=O)O. The van der Waals surface area contributed by atoms with Gasteiger partial charge in [0.2, 0.25) is 5.91 Å². The largest absolute Gasteiger partial charge is 0.480 e. The third kappa shape index (κ3) is 7.70. The molecule has 6 nitrogen and oxygen atoms in total. The van der Waals surface area contributed by atoms with E-state index in [9.17, 15) is 9.59 Å². The number of hydrogen-bond donors (Lipinski definition) is 4. The normalized spacial score (nSPS) is 14.1. The smallest absolute Gasteiger partial charge is 0.320 e. The Hall–Kier alpha value is -1.14. The molecule has 0 saturated carbocycles. The Morgan fingerprint density at radius 3 is 2.35 bits per heavy atom. The number of hydrogen-bond acceptors (Lipinski definition) is 4. The highest BCUT2D eigenvalue weighted by atomic mass is 16.4. The maximum atomic E-state index is 11.4. The van der Waals surface area contributed by atoms with Gasteiger partial charge in [-0.15, -0.1) is 0 Å². The van der Waals surface area contributed by atoms with E-state index < -0.39 is 18.1 Å². The molecule has 0 radical (unpaired) electrons. The summed E-state index contributed by atoms with van der Waals surface area (Å²) in [5.41, 5.74) is 11.0. The lowest BCUT2D eigenvalue weighted by Gasteiger charge is -2.11. The van der Waals surface area contributed by atoms with Crippen LogP contribution in [0.4, 0.5) is 0 Å². The minimum atomic E-state index is -0.987. The van der Waals surface area contributed by atoms with Gasteiger partial charge in [-0.25, -0.2) is 0 Å². The lowest BCUT2D eigenvalue weighted by molar-refractivity contribution is -0.138. The van der Waals surface area contributed by atoms with Gasteiger partial charge in [0.25, 0.3) is 0 Å². The zero-order chi connectivity index (χ0) is 13.3. The van der Waals surface area contributed by atoms with Crippen molar-refractivity contribution >= 4 is 11.9 Å². The molecule has 0 fully saturated rings. The molecule has 0 bridgehead atoms. The van der Waals surface area contributed by atoms with Crippen molar-refractivity contribution in [3.05, 3.63) is 0 Å². The molecule has 1 amide bonds. The van der Waals surface area contributed by atoms with Gasteiger partial charge in [0, 0.05) is 6.54 Å². The highest BCUT2D eigenvalue weighted by Crippen LogP contribution is 1.99. The Kier molecular flexibility index (Phi) is 8.35. The van der Waals surface area contributed by atoms with Crippen molar-refractivity contribution in [1.82, 2.24) is 5.32 Å². The number of nitrogens with one attached hydrogen (secondary N) is 1. The lowest BCUT2D eigenvalue weighted by Crippen LogP contribution is -2.40. The second-order valence-electron chi connectivity index (χ2n) is 4.13. The summed E-state index contributed by atoms with van der Waals surface area (Å²) >= 11 is 0. The van der Waals surface area contributed by atoms with Gasteiger partial charge in [-0.05, 0) is 25.7 Å². The molecule has 1 unspecified atom stereocenters. The molecule has 100 valence electrons. The maximum Gasteiger partial charge on any atom is 0.320 e. The minimum Gasteiger partial charge on any atom is -0.480 e. The number of rotatable bonds is 9. The van der Waals surface area contributed by atoms with Crippen molar-refractivity contribution in [3.8, 4) is 0 Å². The molecule has 6 heteroatoms. The average molecular weight is 245 g/mol. The van der Waals surface area contributed by atoms with E-state index in [0.717, 1.165) is 6.42 Å². The van der Waals surface area contributed by atoms with Crippen LogP contribution >= 0.6 is 0 Å². The molecule has 0 aromatic heterocycles. The Bertz CT molecular complexity index is 246. The van der Waals surface area contributed by atoms with Crippen molar-refractivity contribution in [3.63, 3.8) is 0 Å². The second-order valence-corrected chi connectivity index (χ2v) is 4.13. The van der Waals surface area contributed by atoms with Gasteiger partial charge in [-0.1, -0.05) is 13.3 Å². The quantitative estimate of drug-likeness (QED) is 0.420. The first-order valence-corrected chi connectivity index (χ1v) is 6.00. The van der Waals surface area contributed by atoms with Crippen molar-refractivity contribution < 1.29 is 14.7 Å². The van der Waals surface area contributed by atoms with Crippen LogP contribution in [0.2, 0.25) is 0 Å². The molecular weight excluding hydrogens is 222 g/mol. The number of carbonyl (C=O) groups excluding carboxylic acids is 1. The van der Waals surface area contributed by atoms with Gasteiger partial charge in [-0.2, -0.15) is 0 Å². The van der Waals surface area contributed by atoms with Crippen molar-refractivity contribution in [2.45, 2.75) is 51.1 Å². The van der Waals surface area contributed by atoms with Crippen molar-refractivity contribution in [2.24, 2.45) is 11.5 Å². The van der Waals surface area contributed by atoms with Gasteiger partial charge in [0.15, 0.2) is 0 Å². The van der Waals surface area contributed by atoms with E-state index in [1.807, 2.05) is 6.92 Å². The molecule has 2 atom stereocenters. The van der Waals surface area contributed by atoms with Crippen LogP contribution in [0.3, 0.4) is 0 Å². The molecule has 0 saturated heterocycles. The number of carboxylic acid groups (broad SMARTS) is 1. The number of amides is 1. The zero-order valence-electron chi connectivity index (χ0n) is 10.3.